The predicted molar refractivity (Wildman–Crippen MR) is 98.1 cm³/mol. The number of esters is 2. The Labute approximate surface area is 160 Å². The molecular formula is C19H16Cl2O5. The van der Waals surface area contributed by atoms with Gasteiger partial charge in [0.25, 0.3) is 0 Å². The van der Waals surface area contributed by atoms with Crippen molar-refractivity contribution in [2.75, 3.05) is 14.2 Å². The fourth-order valence-electron chi connectivity index (χ4n) is 2.48. The number of halogens is 2. The molecule has 2 rings (SSSR count). The first kappa shape index (κ1) is 19.9. The van der Waals surface area contributed by atoms with Gasteiger partial charge in [0.15, 0.2) is 5.78 Å². The zero-order chi connectivity index (χ0) is 19.3. The van der Waals surface area contributed by atoms with E-state index in [0.29, 0.717) is 33.4 Å². The molecule has 0 aliphatic rings. The lowest BCUT2D eigenvalue weighted by Crippen LogP contribution is -2.10. The number of alkyl halides is 2. The number of ketones is 1. The molecule has 0 bridgehead atoms. The number of rotatable bonds is 6. The summed E-state index contributed by atoms with van der Waals surface area (Å²) in [5, 5.41) is 0. The van der Waals surface area contributed by atoms with Crippen LogP contribution in [-0.4, -0.2) is 31.9 Å². The zero-order valence-corrected chi connectivity index (χ0v) is 15.7. The van der Waals surface area contributed by atoms with Crippen molar-refractivity contribution in [3.05, 3.63) is 69.8 Å². The maximum absolute atomic E-state index is 12.8. The fraction of sp³-hybridized carbons (Fsp3) is 0.211. The Hall–Kier alpha value is -2.37. The monoisotopic (exact) mass is 394 g/mol. The van der Waals surface area contributed by atoms with Crippen LogP contribution in [0.5, 0.6) is 0 Å². The molecule has 0 atom stereocenters. The third-order valence-electron chi connectivity index (χ3n) is 3.83. The molecule has 0 aromatic heterocycles. The predicted octanol–water partition coefficient (Wildman–Crippen LogP) is 3.97. The molecule has 0 spiro atoms. The molecule has 0 aliphatic carbocycles. The lowest BCUT2D eigenvalue weighted by molar-refractivity contribution is 0.0591. The standard InChI is InChI=1S/C19H16Cl2O5/c1-25-18(23)15-5-3-11(7-13(15)9-20)17(22)12-4-6-16(19(24)26-2)14(8-12)10-21/h3-8H,9-10H2,1-2H3. The van der Waals surface area contributed by atoms with Crippen LogP contribution in [0.4, 0.5) is 0 Å². The summed E-state index contributed by atoms with van der Waals surface area (Å²) < 4.78 is 9.40. The summed E-state index contributed by atoms with van der Waals surface area (Å²) in [6.45, 7) is 0. The van der Waals surface area contributed by atoms with Crippen LogP contribution in [0.15, 0.2) is 36.4 Å². The van der Waals surface area contributed by atoms with Gasteiger partial charge in [-0.25, -0.2) is 9.59 Å². The van der Waals surface area contributed by atoms with E-state index in [4.69, 9.17) is 32.7 Å². The second-order valence-corrected chi connectivity index (χ2v) is 5.86. The van der Waals surface area contributed by atoms with Crippen molar-refractivity contribution >= 4 is 40.9 Å². The van der Waals surface area contributed by atoms with Crippen molar-refractivity contribution in [3.8, 4) is 0 Å². The minimum Gasteiger partial charge on any atom is -0.465 e. The molecule has 0 N–H and O–H groups in total. The van der Waals surface area contributed by atoms with Gasteiger partial charge in [0.1, 0.15) is 0 Å². The topological polar surface area (TPSA) is 69.7 Å². The zero-order valence-electron chi connectivity index (χ0n) is 14.2. The van der Waals surface area contributed by atoms with Crippen molar-refractivity contribution in [2.24, 2.45) is 0 Å². The molecule has 0 unspecified atom stereocenters. The summed E-state index contributed by atoms with van der Waals surface area (Å²) in [6.07, 6.45) is 0. The van der Waals surface area contributed by atoms with Gasteiger partial charge in [-0.05, 0) is 35.4 Å². The van der Waals surface area contributed by atoms with Gasteiger partial charge in [-0.15, -0.1) is 23.2 Å². The quantitative estimate of drug-likeness (QED) is 0.421. The molecule has 0 aliphatic heterocycles. The number of hydrogen-bond acceptors (Lipinski definition) is 5. The Balaban J connectivity index is 2.43. The average molecular weight is 395 g/mol. The van der Waals surface area contributed by atoms with Gasteiger partial charge in [0, 0.05) is 22.9 Å². The molecule has 26 heavy (non-hydrogen) atoms. The molecule has 7 heteroatoms. The third-order valence-corrected chi connectivity index (χ3v) is 4.41. The van der Waals surface area contributed by atoms with Crippen molar-refractivity contribution in [1.82, 2.24) is 0 Å². The highest BCUT2D eigenvalue weighted by molar-refractivity contribution is 6.18. The molecule has 0 fully saturated rings. The molecule has 0 amide bonds. The molecule has 5 nitrogen and oxygen atoms in total. The summed E-state index contributed by atoms with van der Waals surface area (Å²) >= 11 is 11.8. The van der Waals surface area contributed by atoms with Gasteiger partial charge in [0.05, 0.1) is 25.3 Å². The van der Waals surface area contributed by atoms with Gasteiger partial charge in [0.2, 0.25) is 0 Å². The summed E-state index contributed by atoms with van der Waals surface area (Å²) in [5.74, 6) is -1.21. The molecule has 2 aromatic rings. The number of hydrogen-bond donors (Lipinski definition) is 0. The summed E-state index contributed by atoms with van der Waals surface area (Å²) in [6, 6.07) is 9.16. The SMILES string of the molecule is COC(=O)c1ccc(C(=O)c2ccc(C(=O)OC)c(CCl)c2)cc1CCl. The molecule has 0 saturated carbocycles. The van der Waals surface area contributed by atoms with Crippen molar-refractivity contribution in [2.45, 2.75) is 11.8 Å². The first-order valence-corrected chi connectivity index (χ1v) is 8.62. The van der Waals surface area contributed by atoms with Gasteiger partial charge in [-0.1, -0.05) is 12.1 Å². The van der Waals surface area contributed by atoms with Crippen LogP contribution < -0.4 is 0 Å². The van der Waals surface area contributed by atoms with E-state index in [9.17, 15) is 14.4 Å². The molecule has 0 heterocycles. The first-order chi connectivity index (χ1) is 12.5. The van der Waals surface area contributed by atoms with Gasteiger partial charge in [-0.2, -0.15) is 0 Å². The van der Waals surface area contributed by atoms with Crippen molar-refractivity contribution < 1.29 is 23.9 Å². The van der Waals surface area contributed by atoms with Gasteiger partial charge >= 0.3 is 11.9 Å². The lowest BCUT2D eigenvalue weighted by Gasteiger charge is -2.10. The third kappa shape index (κ3) is 4.06. The Kier molecular flexibility index (Phi) is 6.77. The summed E-state index contributed by atoms with van der Waals surface area (Å²) in [4.78, 5) is 36.2. The second kappa shape index (κ2) is 8.83. The highest BCUT2D eigenvalue weighted by Gasteiger charge is 2.18. The van der Waals surface area contributed by atoms with Crippen LogP contribution in [0.2, 0.25) is 0 Å². The Bertz CT molecular complexity index is 792. The van der Waals surface area contributed by atoms with E-state index >= 15 is 0 Å². The highest BCUT2D eigenvalue weighted by atomic mass is 35.5. The molecule has 2 aromatic carbocycles. The fourth-order valence-corrected chi connectivity index (χ4v) is 2.92. The number of benzene rings is 2. The molecular weight excluding hydrogens is 379 g/mol. The van der Waals surface area contributed by atoms with E-state index in [2.05, 4.69) is 0 Å². The van der Waals surface area contributed by atoms with Crippen LogP contribution in [0.1, 0.15) is 47.8 Å². The number of ether oxygens (including phenoxy) is 2. The number of methoxy groups -OCH3 is 2. The Morgan fingerprint density at radius 1 is 0.769 bits per heavy atom. The van der Waals surface area contributed by atoms with Crippen molar-refractivity contribution in [1.29, 1.82) is 0 Å². The van der Waals surface area contributed by atoms with Crippen LogP contribution >= 0.6 is 23.2 Å². The summed E-state index contributed by atoms with van der Waals surface area (Å²) in [7, 11) is 2.55. The smallest absolute Gasteiger partial charge is 0.338 e. The Morgan fingerprint density at radius 3 is 1.46 bits per heavy atom. The van der Waals surface area contributed by atoms with Gasteiger partial charge < -0.3 is 9.47 Å². The minimum atomic E-state index is -0.522. The van der Waals surface area contributed by atoms with Gasteiger partial charge in [-0.3, -0.25) is 4.79 Å². The van der Waals surface area contributed by atoms with E-state index in [1.54, 1.807) is 12.1 Å². The average Bonchev–Trinajstić information content (AvgIpc) is 2.70. The van der Waals surface area contributed by atoms with E-state index in [1.165, 1.54) is 38.5 Å². The lowest BCUT2D eigenvalue weighted by atomic mass is 9.96. The normalized spacial score (nSPS) is 10.3. The largest absolute Gasteiger partial charge is 0.465 e. The minimum absolute atomic E-state index is 0.0553. The molecule has 136 valence electrons. The number of carbonyl (C=O) groups excluding carboxylic acids is 3. The van der Waals surface area contributed by atoms with Crippen LogP contribution in [0.25, 0.3) is 0 Å². The van der Waals surface area contributed by atoms with Crippen LogP contribution in [0, 0.1) is 0 Å². The molecule has 0 radical (unpaired) electrons. The second-order valence-electron chi connectivity index (χ2n) is 5.32. The molecule has 0 saturated heterocycles. The Morgan fingerprint density at radius 2 is 1.15 bits per heavy atom. The maximum Gasteiger partial charge on any atom is 0.338 e. The van der Waals surface area contributed by atoms with Crippen LogP contribution in [-0.2, 0) is 21.2 Å². The van der Waals surface area contributed by atoms with E-state index < -0.39 is 11.9 Å². The maximum atomic E-state index is 12.8. The van der Waals surface area contributed by atoms with E-state index in [-0.39, 0.29) is 17.5 Å². The first-order valence-electron chi connectivity index (χ1n) is 7.55. The number of carbonyl (C=O) groups is 3. The highest BCUT2D eigenvalue weighted by Crippen LogP contribution is 2.21. The van der Waals surface area contributed by atoms with E-state index in [0.717, 1.165) is 0 Å². The summed E-state index contributed by atoms with van der Waals surface area (Å²) in [5.41, 5.74) is 2.32. The van der Waals surface area contributed by atoms with E-state index in [1.807, 2.05) is 0 Å². The van der Waals surface area contributed by atoms with Crippen molar-refractivity contribution in [3.63, 3.8) is 0 Å². The van der Waals surface area contributed by atoms with Crippen LogP contribution in [0.3, 0.4) is 0 Å².